The molecule has 0 aromatic carbocycles. The number of aromatic nitrogens is 2. The maximum Gasteiger partial charge on any atom is 0.235 e. The number of nitrogens with zero attached hydrogens (tertiary/aromatic N) is 2. The Morgan fingerprint density at radius 2 is 2.29 bits per heavy atom. The van der Waals surface area contributed by atoms with Gasteiger partial charge in [-0.05, 0) is 13.8 Å². The fourth-order valence-electron chi connectivity index (χ4n) is 1.17. The van der Waals surface area contributed by atoms with Crippen molar-refractivity contribution in [3.63, 3.8) is 0 Å². The van der Waals surface area contributed by atoms with Gasteiger partial charge >= 0.3 is 0 Å². The molecular weight excluding hydrogens is 204 g/mol. The van der Waals surface area contributed by atoms with Gasteiger partial charge in [0.15, 0.2) is 0 Å². The smallest absolute Gasteiger partial charge is 0.235 e. The molecule has 0 spiro atoms. The Hall–Kier alpha value is -1.07. The zero-order chi connectivity index (χ0) is 10.7. The second-order valence-corrected chi connectivity index (χ2v) is 3.40. The van der Waals surface area contributed by atoms with Gasteiger partial charge in [-0.3, -0.25) is 14.9 Å². The molecule has 78 valence electrons. The van der Waals surface area contributed by atoms with Gasteiger partial charge in [0.05, 0.1) is 23.0 Å². The lowest BCUT2D eigenvalue weighted by Crippen LogP contribution is -2.30. The number of hydrogen-bond donors (Lipinski definition) is 2. The molecule has 0 aliphatic heterocycles. The normalized spacial score (nSPS) is 10.3. The van der Waals surface area contributed by atoms with Crippen LogP contribution in [-0.2, 0) is 11.3 Å². The van der Waals surface area contributed by atoms with E-state index in [2.05, 4.69) is 10.5 Å². The molecule has 0 saturated carbocycles. The van der Waals surface area contributed by atoms with E-state index in [9.17, 15) is 4.79 Å². The van der Waals surface area contributed by atoms with Crippen LogP contribution in [-0.4, -0.2) is 15.7 Å². The van der Waals surface area contributed by atoms with Crippen LogP contribution < -0.4 is 11.3 Å². The number of nitrogens with two attached hydrogens (primary N) is 1. The van der Waals surface area contributed by atoms with Gasteiger partial charge in [-0.25, -0.2) is 5.84 Å². The number of carbonyl (C=O) groups excluding carboxylic acids is 1. The van der Waals surface area contributed by atoms with Crippen molar-refractivity contribution in [2.45, 2.75) is 26.8 Å². The van der Waals surface area contributed by atoms with Gasteiger partial charge in [-0.15, -0.1) is 0 Å². The molecular formula is C8H13ClN4O. The minimum Gasteiger partial charge on any atom is -0.294 e. The topological polar surface area (TPSA) is 72.9 Å². The average Bonchev–Trinajstić information content (AvgIpc) is 2.42. The van der Waals surface area contributed by atoms with Crippen molar-refractivity contribution in [2.75, 3.05) is 0 Å². The number of aryl methyl sites for hydroxylation is 2. The SMILES string of the molecule is Cc1nn(CCC(=O)NN)c(C)c1Cl. The second kappa shape index (κ2) is 4.43. The third kappa shape index (κ3) is 2.24. The van der Waals surface area contributed by atoms with Crippen LogP contribution in [0.1, 0.15) is 17.8 Å². The van der Waals surface area contributed by atoms with Crippen LogP contribution in [0.5, 0.6) is 0 Å². The van der Waals surface area contributed by atoms with Crippen molar-refractivity contribution in [1.29, 1.82) is 0 Å². The van der Waals surface area contributed by atoms with Crippen LogP contribution in [0.2, 0.25) is 5.02 Å². The molecule has 0 radical (unpaired) electrons. The number of nitrogens with one attached hydrogen (secondary N) is 1. The first-order valence-corrected chi connectivity index (χ1v) is 4.63. The van der Waals surface area contributed by atoms with Gasteiger partial charge in [0.1, 0.15) is 0 Å². The molecule has 0 fully saturated rings. The molecule has 0 saturated heterocycles. The lowest BCUT2D eigenvalue weighted by molar-refractivity contribution is -0.121. The molecule has 14 heavy (non-hydrogen) atoms. The Labute approximate surface area is 87.2 Å². The van der Waals surface area contributed by atoms with E-state index >= 15 is 0 Å². The van der Waals surface area contributed by atoms with Gasteiger partial charge in [-0.1, -0.05) is 11.6 Å². The molecule has 1 amide bonds. The highest BCUT2D eigenvalue weighted by atomic mass is 35.5. The fourth-order valence-corrected chi connectivity index (χ4v) is 1.31. The van der Waals surface area contributed by atoms with E-state index in [1.807, 2.05) is 13.8 Å². The Kier molecular flexibility index (Phi) is 3.49. The molecule has 0 bridgehead atoms. The molecule has 0 aliphatic rings. The Morgan fingerprint density at radius 3 is 2.71 bits per heavy atom. The predicted molar refractivity (Wildman–Crippen MR) is 53.7 cm³/mol. The second-order valence-electron chi connectivity index (χ2n) is 3.03. The molecule has 1 heterocycles. The zero-order valence-electron chi connectivity index (χ0n) is 8.17. The van der Waals surface area contributed by atoms with E-state index in [0.717, 1.165) is 11.4 Å². The van der Waals surface area contributed by atoms with Gasteiger partial charge in [-0.2, -0.15) is 5.10 Å². The summed E-state index contributed by atoms with van der Waals surface area (Å²) in [7, 11) is 0. The predicted octanol–water partition coefficient (Wildman–Crippen LogP) is 0.533. The van der Waals surface area contributed by atoms with Crippen LogP contribution in [0.4, 0.5) is 0 Å². The highest BCUT2D eigenvalue weighted by molar-refractivity contribution is 6.31. The molecule has 1 rings (SSSR count). The maximum absolute atomic E-state index is 10.9. The van der Waals surface area contributed by atoms with Crippen LogP contribution in [0.3, 0.4) is 0 Å². The quantitative estimate of drug-likeness (QED) is 0.440. The minimum absolute atomic E-state index is 0.214. The lowest BCUT2D eigenvalue weighted by atomic mass is 10.4. The number of hydrazine groups is 1. The number of amides is 1. The van der Waals surface area contributed by atoms with Crippen LogP contribution in [0.15, 0.2) is 0 Å². The number of rotatable bonds is 3. The first-order valence-electron chi connectivity index (χ1n) is 4.25. The summed E-state index contributed by atoms with van der Waals surface area (Å²) in [4.78, 5) is 10.9. The molecule has 0 atom stereocenters. The summed E-state index contributed by atoms with van der Waals surface area (Å²) in [6.07, 6.45) is 0.300. The largest absolute Gasteiger partial charge is 0.294 e. The monoisotopic (exact) mass is 216 g/mol. The third-order valence-electron chi connectivity index (χ3n) is 2.00. The summed E-state index contributed by atoms with van der Waals surface area (Å²) in [5.74, 6) is 4.74. The summed E-state index contributed by atoms with van der Waals surface area (Å²) in [6.45, 7) is 4.18. The van der Waals surface area contributed by atoms with E-state index in [-0.39, 0.29) is 5.91 Å². The Bertz CT molecular complexity index is 347. The lowest BCUT2D eigenvalue weighted by Gasteiger charge is -2.02. The summed E-state index contributed by atoms with van der Waals surface area (Å²) in [5.41, 5.74) is 3.71. The average molecular weight is 217 g/mol. The minimum atomic E-state index is -0.214. The molecule has 1 aromatic rings. The van der Waals surface area contributed by atoms with Crippen molar-refractivity contribution in [3.05, 3.63) is 16.4 Å². The maximum atomic E-state index is 10.9. The van der Waals surface area contributed by atoms with Gasteiger partial charge in [0.25, 0.3) is 0 Å². The van der Waals surface area contributed by atoms with Gasteiger partial charge in [0.2, 0.25) is 5.91 Å². The molecule has 3 N–H and O–H groups in total. The number of carbonyl (C=O) groups is 1. The molecule has 0 aliphatic carbocycles. The summed E-state index contributed by atoms with van der Waals surface area (Å²) in [5, 5.41) is 4.83. The van der Waals surface area contributed by atoms with Gasteiger partial charge in [0, 0.05) is 6.42 Å². The first kappa shape index (κ1) is 11.0. The summed E-state index contributed by atoms with van der Waals surface area (Å²) >= 11 is 5.94. The van der Waals surface area contributed by atoms with Gasteiger partial charge < -0.3 is 0 Å². The zero-order valence-corrected chi connectivity index (χ0v) is 8.93. The summed E-state index contributed by atoms with van der Waals surface area (Å²) < 4.78 is 1.70. The molecule has 5 nitrogen and oxygen atoms in total. The highest BCUT2D eigenvalue weighted by Gasteiger charge is 2.09. The number of halogens is 1. The van der Waals surface area contributed by atoms with E-state index in [4.69, 9.17) is 17.4 Å². The molecule has 6 heteroatoms. The van der Waals surface area contributed by atoms with Crippen molar-refractivity contribution in [3.8, 4) is 0 Å². The van der Waals surface area contributed by atoms with Crippen molar-refractivity contribution >= 4 is 17.5 Å². The van der Waals surface area contributed by atoms with Crippen LogP contribution in [0.25, 0.3) is 0 Å². The number of hydrogen-bond acceptors (Lipinski definition) is 3. The van der Waals surface area contributed by atoms with Crippen LogP contribution in [0, 0.1) is 13.8 Å². The highest BCUT2D eigenvalue weighted by Crippen LogP contribution is 2.18. The first-order chi connectivity index (χ1) is 6.56. The van der Waals surface area contributed by atoms with Crippen LogP contribution >= 0.6 is 11.6 Å². The van der Waals surface area contributed by atoms with E-state index < -0.39 is 0 Å². The summed E-state index contributed by atoms with van der Waals surface area (Å²) in [6, 6.07) is 0. The molecule has 1 aromatic heterocycles. The third-order valence-corrected chi connectivity index (χ3v) is 2.55. The Balaban J connectivity index is 2.68. The standard InChI is InChI=1S/C8H13ClN4O/c1-5-8(9)6(2)13(12-5)4-3-7(14)11-10/h3-4,10H2,1-2H3,(H,11,14). The van der Waals surface area contributed by atoms with Crippen molar-refractivity contribution < 1.29 is 4.79 Å². The fraction of sp³-hybridized carbons (Fsp3) is 0.500. The van der Waals surface area contributed by atoms with Crippen molar-refractivity contribution in [1.82, 2.24) is 15.2 Å². The Morgan fingerprint density at radius 1 is 1.64 bits per heavy atom. The van der Waals surface area contributed by atoms with E-state index in [1.165, 1.54) is 0 Å². The van der Waals surface area contributed by atoms with E-state index in [1.54, 1.807) is 4.68 Å². The van der Waals surface area contributed by atoms with Crippen molar-refractivity contribution in [2.24, 2.45) is 5.84 Å². The molecule has 0 unspecified atom stereocenters. The van der Waals surface area contributed by atoms with E-state index in [0.29, 0.717) is 18.0 Å².